The summed E-state index contributed by atoms with van der Waals surface area (Å²) in [6.07, 6.45) is 0.473. The van der Waals surface area contributed by atoms with Gasteiger partial charge in [-0.15, -0.1) is 0 Å². The lowest BCUT2D eigenvalue weighted by atomic mass is 10.1. The highest BCUT2D eigenvalue weighted by atomic mass is 35.5. The number of hydrogen-bond acceptors (Lipinski definition) is 4. The van der Waals surface area contributed by atoms with Crippen molar-refractivity contribution in [1.29, 1.82) is 0 Å². The Morgan fingerprint density at radius 3 is 2.73 bits per heavy atom. The Morgan fingerprint density at radius 1 is 1.27 bits per heavy atom. The Balaban J connectivity index is 2.23. The molecule has 2 rings (SSSR count). The van der Waals surface area contributed by atoms with Gasteiger partial charge in [-0.3, -0.25) is 14.9 Å². The first-order valence-corrected chi connectivity index (χ1v) is 6.84. The summed E-state index contributed by atoms with van der Waals surface area (Å²) in [5, 5.41) is 22.5. The molecule has 114 valence electrons. The van der Waals surface area contributed by atoms with E-state index in [4.69, 9.17) is 16.7 Å². The lowest BCUT2D eigenvalue weighted by Crippen LogP contribution is -2.13. The van der Waals surface area contributed by atoms with Crippen molar-refractivity contribution >= 4 is 28.9 Å². The van der Waals surface area contributed by atoms with Crippen LogP contribution in [0.3, 0.4) is 0 Å². The molecule has 22 heavy (non-hydrogen) atoms. The van der Waals surface area contributed by atoms with Gasteiger partial charge in [0.25, 0.3) is 11.6 Å². The number of carbonyl (C=O) groups excluding carboxylic acids is 1. The number of nitro groups is 1. The fraction of sp³-hybridized carbons (Fsp3) is 0.133. The second kappa shape index (κ2) is 7.02. The predicted molar refractivity (Wildman–Crippen MR) is 83.3 cm³/mol. The van der Waals surface area contributed by atoms with Gasteiger partial charge in [-0.05, 0) is 30.2 Å². The molecule has 0 aliphatic carbocycles. The average molecular weight is 321 g/mol. The maximum absolute atomic E-state index is 12.2. The van der Waals surface area contributed by atoms with Gasteiger partial charge in [0.05, 0.1) is 15.5 Å². The molecule has 0 spiro atoms. The van der Waals surface area contributed by atoms with Gasteiger partial charge in [-0.1, -0.05) is 23.7 Å². The Labute approximate surface area is 131 Å². The molecule has 6 nitrogen and oxygen atoms in total. The van der Waals surface area contributed by atoms with Gasteiger partial charge in [0, 0.05) is 24.4 Å². The van der Waals surface area contributed by atoms with Crippen LogP contribution in [0.15, 0.2) is 42.5 Å². The number of aliphatic hydroxyl groups is 1. The fourth-order valence-electron chi connectivity index (χ4n) is 1.93. The molecule has 0 atom stereocenters. The van der Waals surface area contributed by atoms with Gasteiger partial charge in [-0.2, -0.15) is 0 Å². The number of hydrogen-bond donors (Lipinski definition) is 2. The summed E-state index contributed by atoms with van der Waals surface area (Å²) >= 11 is 5.93. The van der Waals surface area contributed by atoms with Crippen LogP contribution in [0.2, 0.25) is 5.02 Å². The minimum atomic E-state index is -0.588. The van der Waals surface area contributed by atoms with Crippen molar-refractivity contribution in [2.24, 2.45) is 0 Å². The molecule has 7 heteroatoms. The molecule has 0 saturated heterocycles. The van der Waals surface area contributed by atoms with E-state index in [1.54, 1.807) is 18.2 Å². The Hall–Kier alpha value is -2.44. The number of nitrogens with one attached hydrogen (secondary N) is 1. The number of aliphatic hydroxyl groups excluding tert-OH is 1. The van der Waals surface area contributed by atoms with E-state index in [0.29, 0.717) is 12.1 Å². The number of nitrogens with zero attached hydrogens (tertiary/aromatic N) is 1. The standard InChI is InChI=1S/C15H13ClN2O4/c16-14-5-4-12(18(21)22)9-13(14)15(20)17-11-3-1-2-10(8-11)6-7-19/h1-5,8-9,19H,6-7H2,(H,17,20). The van der Waals surface area contributed by atoms with Crippen molar-refractivity contribution in [2.75, 3.05) is 11.9 Å². The Morgan fingerprint density at radius 2 is 2.05 bits per heavy atom. The SMILES string of the molecule is O=C(Nc1cccc(CCO)c1)c1cc([N+](=O)[O-])ccc1Cl. The second-order valence-electron chi connectivity index (χ2n) is 4.55. The van der Waals surface area contributed by atoms with E-state index >= 15 is 0 Å². The van der Waals surface area contributed by atoms with Crippen LogP contribution in [0.1, 0.15) is 15.9 Å². The van der Waals surface area contributed by atoms with Crippen LogP contribution in [0.4, 0.5) is 11.4 Å². The summed E-state index contributed by atoms with van der Waals surface area (Å²) in [4.78, 5) is 22.4. The third-order valence-corrected chi connectivity index (χ3v) is 3.32. The quantitative estimate of drug-likeness (QED) is 0.654. The minimum absolute atomic E-state index is 0.00804. The molecule has 0 heterocycles. The number of benzene rings is 2. The van der Waals surface area contributed by atoms with Gasteiger partial charge in [0.1, 0.15) is 0 Å². The van der Waals surface area contributed by atoms with Crippen LogP contribution in [0.25, 0.3) is 0 Å². The lowest BCUT2D eigenvalue weighted by Gasteiger charge is -2.08. The zero-order chi connectivity index (χ0) is 16.1. The molecule has 0 bridgehead atoms. The molecular weight excluding hydrogens is 308 g/mol. The van der Waals surface area contributed by atoms with Crippen molar-refractivity contribution in [1.82, 2.24) is 0 Å². The maximum Gasteiger partial charge on any atom is 0.270 e. The summed E-state index contributed by atoms with van der Waals surface area (Å²) < 4.78 is 0. The van der Waals surface area contributed by atoms with E-state index in [9.17, 15) is 14.9 Å². The smallest absolute Gasteiger partial charge is 0.270 e. The second-order valence-corrected chi connectivity index (χ2v) is 4.96. The molecule has 0 unspecified atom stereocenters. The number of amides is 1. The predicted octanol–water partition coefficient (Wildman–Crippen LogP) is 3.04. The van der Waals surface area contributed by atoms with Gasteiger partial charge in [0.15, 0.2) is 0 Å². The zero-order valence-corrected chi connectivity index (χ0v) is 12.2. The third-order valence-electron chi connectivity index (χ3n) is 2.99. The zero-order valence-electron chi connectivity index (χ0n) is 11.5. The highest BCUT2D eigenvalue weighted by molar-refractivity contribution is 6.34. The van der Waals surface area contributed by atoms with Crippen LogP contribution in [-0.2, 0) is 6.42 Å². The van der Waals surface area contributed by atoms with Gasteiger partial charge in [-0.25, -0.2) is 0 Å². The van der Waals surface area contributed by atoms with Crippen LogP contribution in [-0.4, -0.2) is 22.5 Å². The molecule has 0 radical (unpaired) electrons. The van der Waals surface area contributed by atoms with Crippen molar-refractivity contribution in [3.8, 4) is 0 Å². The molecule has 2 aromatic rings. The molecule has 1 amide bonds. The van der Waals surface area contributed by atoms with E-state index in [-0.39, 0.29) is 22.9 Å². The Bertz CT molecular complexity index is 718. The summed E-state index contributed by atoms with van der Waals surface area (Å²) in [7, 11) is 0. The molecule has 0 aliphatic rings. The number of rotatable bonds is 5. The normalized spacial score (nSPS) is 10.3. The first-order chi connectivity index (χ1) is 10.5. The summed E-state index contributed by atoms with van der Waals surface area (Å²) in [5.41, 5.74) is 1.22. The van der Waals surface area contributed by atoms with E-state index in [2.05, 4.69) is 5.32 Å². The molecule has 2 aromatic carbocycles. The number of nitro benzene ring substituents is 1. The number of anilines is 1. The lowest BCUT2D eigenvalue weighted by molar-refractivity contribution is -0.384. The largest absolute Gasteiger partial charge is 0.396 e. The van der Waals surface area contributed by atoms with Gasteiger partial charge in [0.2, 0.25) is 0 Å². The first kappa shape index (κ1) is 15.9. The number of non-ortho nitro benzene ring substituents is 1. The van der Waals surface area contributed by atoms with Gasteiger partial charge < -0.3 is 10.4 Å². The fourth-order valence-corrected chi connectivity index (χ4v) is 2.14. The van der Waals surface area contributed by atoms with Crippen LogP contribution < -0.4 is 5.32 Å². The van der Waals surface area contributed by atoms with Crippen LogP contribution in [0, 0.1) is 10.1 Å². The van der Waals surface area contributed by atoms with Crippen molar-refractivity contribution in [3.05, 3.63) is 68.7 Å². The number of halogens is 1. The topological polar surface area (TPSA) is 92.5 Å². The van der Waals surface area contributed by atoms with E-state index in [1.807, 2.05) is 6.07 Å². The molecule has 0 saturated carbocycles. The van der Waals surface area contributed by atoms with E-state index < -0.39 is 10.8 Å². The van der Waals surface area contributed by atoms with Crippen LogP contribution in [0.5, 0.6) is 0 Å². The maximum atomic E-state index is 12.2. The molecule has 0 aromatic heterocycles. The monoisotopic (exact) mass is 320 g/mol. The summed E-state index contributed by atoms with van der Waals surface area (Å²) in [6.45, 7) is 0.00804. The molecule has 0 aliphatic heterocycles. The Kier molecular flexibility index (Phi) is 5.08. The number of carbonyl (C=O) groups is 1. The van der Waals surface area contributed by atoms with Crippen molar-refractivity contribution < 1.29 is 14.8 Å². The minimum Gasteiger partial charge on any atom is -0.396 e. The molecule has 0 fully saturated rings. The van der Waals surface area contributed by atoms with E-state index in [0.717, 1.165) is 11.6 Å². The van der Waals surface area contributed by atoms with E-state index in [1.165, 1.54) is 12.1 Å². The average Bonchev–Trinajstić information content (AvgIpc) is 2.48. The molecular formula is C15H13ClN2O4. The highest BCUT2D eigenvalue weighted by Gasteiger charge is 2.16. The summed E-state index contributed by atoms with van der Waals surface area (Å²) in [6, 6.07) is 10.7. The van der Waals surface area contributed by atoms with Crippen molar-refractivity contribution in [2.45, 2.75) is 6.42 Å². The van der Waals surface area contributed by atoms with Gasteiger partial charge >= 0.3 is 0 Å². The molecule has 2 N–H and O–H groups in total. The highest BCUT2D eigenvalue weighted by Crippen LogP contribution is 2.23. The third kappa shape index (κ3) is 3.81. The first-order valence-electron chi connectivity index (χ1n) is 6.46. The van der Waals surface area contributed by atoms with Crippen LogP contribution >= 0.6 is 11.6 Å². The van der Waals surface area contributed by atoms with Crippen molar-refractivity contribution in [3.63, 3.8) is 0 Å². The summed E-state index contributed by atoms with van der Waals surface area (Å²) in [5.74, 6) is -0.533.